The maximum Gasteiger partial charge on any atom is 0.238 e. The van der Waals surface area contributed by atoms with Crippen LogP contribution in [0, 0.1) is 0 Å². The Morgan fingerprint density at radius 2 is 2.43 bits per heavy atom. The van der Waals surface area contributed by atoms with Crippen LogP contribution < -0.4 is 10.1 Å². The molecule has 1 amide bonds. The molecular weight excluding hydrogens is 328 g/mol. The van der Waals surface area contributed by atoms with E-state index in [1.54, 1.807) is 37.1 Å². The number of rotatable bonds is 5. The number of halogens is 1. The van der Waals surface area contributed by atoms with Crippen LogP contribution in [0.5, 0.6) is 5.75 Å². The molecule has 1 aromatic rings. The van der Waals surface area contributed by atoms with Crippen molar-refractivity contribution in [3.05, 3.63) is 23.2 Å². The number of nitrogens with one attached hydrogen (secondary N) is 1. The molecule has 1 N–H and O–H groups in total. The number of ether oxygens (including phenoxy) is 1. The summed E-state index contributed by atoms with van der Waals surface area (Å²) >= 11 is 9.21. The van der Waals surface area contributed by atoms with Crippen LogP contribution in [0.1, 0.15) is 13.3 Å². The van der Waals surface area contributed by atoms with Gasteiger partial charge >= 0.3 is 0 Å². The maximum absolute atomic E-state index is 12.4. The third-order valence-electron chi connectivity index (χ3n) is 2.88. The van der Waals surface area contributed by atoms with E-state index in [0.717, 1.165) is 23.1 Å². The molecule has 1 aliphatic rings. The van der Waals surface area contributed by atoms with Crippen molar-refractivity contribution in [2.45, 2.75) is 18.6 Å². The van der Waals surface area contributed by atoms with Gasteiger partial charge in [0.05, 0.1) is 24.6 Å². The first kappa shape index (κ1) is 16.5. The van der Waals surface area contributed by atoms with Gasteiger partial charge in [-0.05, 0) is 24.6 Å². The van der Waals surface area contributed by atoms with E-state index in [2.05, 4.69) is 10.3 Å². The lowest BCUT2D eigenvalue weighted by Gasteiger charge is -2.16. The summed E-state index contributed by atoms with van der Waals surface area (Å²) in [6, 6.07) is 5.16. The Labute approximate surface area is 138 Å². The molecular formula is C14H17ClN2O2S2. The van der Waals surface area contributed by atoms with Crippen LogP contribution in [-0.4, -0.2) is 34.9 Å². The Bertz CT molecular complexity index is 552. The zero-order valence-electron chi connectivity index (χ0n) is 11.9. The lowest BCUT2D eigenvalue weighted by molar-refractivity contribution is -0.115. The number of nitrogens with zero attached hydrogens (tertiary/aromatic N) is 1. The quantitative estimate of drug-likeness (QED) is 0.880. The average Bonchev–Trinajstić information content (AvgIpc) is 2.98. The summed E-state index contributed by atoms with van der Waals surface area (Å²) in [6.45, 7) is 2.83. The van der Waals surface area contributed by atoms with Crippen molar-refractivity contribution in [3.63, 3.8) is 0 Å². The standard InChI is InChI=1S/C14H17ClN2O2S2/c1-3-12(21-14-16-6-7-20-14)13(18)17-10-8-9(15)4-5-11(10)19-2/h4-5,8,12H,3,6-7H2,1-2H3,(H,17,18). The number of carbonyl (C=O) groups excluding carboxylic acids is 1. The highest BCUT2D eigenvalue weighted by atomic mass is 35.5. The van der Waals surface area contributed by atoms with Gasteiger partial charge in [0.1, 0.15) is 10.1 Å². The molecule has 0 spiro atoms. The number of hydrogen-bond donors (Lipinski definition) is 1. The van der Waals surface area contributed by atoms with Crippen LogP contribution in [0.4, 0.5) is 5.69 Å². The van der Waals surface area contributed by atoms with Crippen LogP contribution in [0.25, 0.3) is 0 Å². The highest BCUT2D eigenvalue weighted by molar-refractivity contribution is 8.39. The molecule has 1 aromatic carbocycles. The van der Waals surface area contributed by atoms with Crippen molar-refractivity contribution < 1.29 is 9.53 Å². The number of thioether (sulfide) groups is 2. The summed E-state index contributed by atoms with van der Waals surface area (Å²) in [7, 11) is 1.56. The third-order valence-corrected chi connectivity index (χ3v) is 5.69. The smallest absolute Gasteiger partial charge is 0.238 e. The van der Waals surface area contributed by atoms with E-state index in [-0.39, 0.29) is 11.2 Å². The van der Waals surface area contributed by atoms with Gasteiger partial charge in [0.25, 0.3) is 0 Å². The van der Waals surface area contributed by atoms with Gasteiger partial charge in [0, 0.05) is 10.8 Å². The predicted octanol–water partition coefficient (Wildman–Crippen LogP) is 3.90. The predicted molar refractivity (Wildman–Crippen MR) is 93.1 cm³/mol. The van der Waals surface area contributed by atoms with Gasteiger partial charge in [-0.2, -0.15) is 0 Å². The van der Waals surface area contributed by atoms with Crippen molar-refractivity contribution in [1.82, 2.24) is 0 Å². The Morgan fingerprint density at radius 3 is 3.05 bits per heavy atom. The van der Waals surface area contributed by atoms with Gasteiger partial charge in [0.15, 0.2) is 0 Å². The number of amides is 1. The Balaban J connectivity index is 2.06. The van der Waals surface area contributed by atoms with E-state index < -0.39 is 0 Å². The molecule has 0 saturated carbocycles. The Kier molecular flexibility index (Phi) is 6.26. The summed E-state index contributed by atoms with van der Waals surface area (Å²) < 4.78 is 6.24. The molecule has 21 heavy (non-hydrogen) atoms. The highest BCUT2D eigenvalue weighted by Crippen LogP contribution is 2.31. The summed E-state index contributed by atoms with van der Waals surface area (Å²) in [5, 5.41) is 3.28. The summed E-state index contributed by atoms with van der Waals surface area (Å²) in [5.74, 6) is 1.54. The fourth-order valence-corrected chi connectivity index (χ4v) is 4.15. The Hall–Kier alpha value is -0.850. The van der Waals surface area contributed by atoms with Crippen LogP contribution in [0.3, 0.4) is 0 Å². The van der Waals surface area contributed by atoms with Crippen molar-refractivity contribution in [2.75, 3.05) is 24.7 Å². The van der Waals surface area contributed by atoms with Gasteiger partial charge in [0.2, 0.25) is 5.91 Å². The van der Waals surface area contributed by atoms with E-state index in [9.17, 15) is 4.79 Å². The summed E-state index contributed by atoms with van der Waals surface area (Å²) in [4.78, 5) is 16.8. The number of benzene rings is 1. The van der Waals surface area contributed by atoms with Crippen molar-refractivity contribution in [1.29, 1.82) is 0 Å². The van der Waals surface area contributed by atoms with E-state index in [1.807, 2.05) is 6.92 Å². The van der Waals surface area contributed by atoms with Crippen molar-refractivity contribution >= 4 is 51.1 Å². The van der Waals surface area contributed by atoms with E-state index in [0.29, 0.717) is 16.5 Å². The molecule has 0 radical (unpaired) electrons. The minimum absolute atomic E-state index is 0.0572. The fourth-order valence-electron chi connectivity index (χ4n) is 1.82. The second-order valence-corrected chi connectivity index (χ2v) is 7.31. The number of carbonyl (C=O) groups is 1. The first-order valence-electron chi connectivity index (χ1n) is 6.62. The largest absolute Gasteiger partial charge is 0.495 e. The van der Waals surface area contributed by atoms with E-state index in [4.69, 9.17) is 16.3 Å². The van der Waals surface area contributed by atoms with Crippen LogP contribution in [0.2, 0.25) is 5.02 Å². The molecule has 1 atom stereocenters. The van der Waals surface area contributed by atoms with Crippen LogP contribution in [-0.2, 0) is 4.79 Å². The highest BCUT2D eigenvalue weighted by Gasteiger charge is 2.22. The lowest BCUT2D eigenvalue weighted by atomic mass is 10.2. The average molecular weight is 345 g/mol. The number of methoxy groups -OCH3 is 1. The van der Waals surface area contributed by atoms with Crippen molar-refractivity contribution in [2.24, 2.45) is 4.99 Å². The number of aliphatic imine (C=N–C) groups is 1. The van der Waals surface area contributed by atoms with Gasteiger partial charge in [-0.1, -0.05) is 42.0 Å². The minimum atomic E-state index is -0.168. The van der Waals surface area contributed by atoms with E-state index >= 15 is 0 Å². The molecule has 0 fully saturated rings. The lowest BCUT2D eigenvalue weighted by Crippen LogP contribution is -2.25. The molecule has 0 saturated heterocycles. The van der Waals surface area contributed by atoms with Crippen LogP contribution in [0.15, 0.2) is 23.2 Å². The number of anilines is 1. The zero-order chi connectivity index (χ0) is 15.2. The molecule has 2 rings (SSSR count). The maximum atomic E-state index is 12.4. The number of hydrogen-bond acceptors (Lipinski definition) is 5. The topological polar surface area (TPSA) is 50.7 Å². The van der Waals surface area contributed by atoms with Gasteiger partial charge in [-0.3, -0.25) is 9.79 Å². The zero-order valence-corrected chi connectivity index (χ0v) is 14.3. The summed E-state index contributed by atoms with van der Waals surface area (Å²) in [6.07, 6.45) is 0.735. The second kappa shape index (κ2) is 7.96. The SMILES string of the molecule is CCC(SC1=NCCS1)C(=O)Nc1cc(Cl)ccc1OC. The normalized spacial score (nSPS) is 15.5. The van der Waals surface area contributed by atoms with Gasteiger partial charge < -0.3 is 10.1 Å². The van der Waals surface area contributed by atoms with Gasteiger partial charge in [-0.25, -0.2) is 0 Å². The Morgan fingerprint density at radius 1 is 1.62 bits per heavy atom. The second-order valence-electron chi connectivity index (χ2n) is 4.34. The molecule has 7 heteroatoms. The fraction of sp³-hybridized carbons (Fsp3) is 0.429. The first-order chi connectivity index (χ1) is 10.1. The summed E-state index contributed by atoms with van der Waals surface area (Å²) in [5.41, 5.74) is 0.593. The molecule has 1 unspecified atom stereocenters. The molecule has 0 aliphatic carbocycles. The van der Waals surface area contributed by atoms with Crippen LogP contribution >= 0.6 is 35.1 Å². The molecule has 4 nitrogen and oxygen atoms in total. The molecule has 114 valence electrons. The van der Waals surface area contributed by atoms with E-state index in [1.165, 1.54) is 11.8 Å². The molecule has 1 heterocycles. The molecule has 0 aromatic heterocycles. The first-order valence-corrected chi connectivity index (χ1v) is 8.86. The molecule has 0 bridgehead atoms. The monoisotopic (exact) mass is 344 g/mol. The third kappa shape index (κ3) is 4.56. The molecule has 1 aliphatic heterocycles. The minimum Gasteiger partial charge on any atom is -0.495 e. The van der Waals surface area contributed by atoms with Gasteiger partial charge in [-0.15, -0.1) is 0 Å². The van der Waals surface area contributed by atoms with Crippen molar-refractivity contribution in [3.8, 4) is 5.75 Å².